The molecule has 2 aliphatic rings. The molecule has 0 amide bonds. The third kappa shape index (κ3) is 5.98. The topological polar surface area (TPSA) is 0 Å². The SMILES string of the molecule is C=CC1=C(C=C)C2(C(/C=C\C)=C1C=C)c1ccccc1-c1ccccc12.CC.CC.CC.CC.CC. The fourth-order valence-electron chi connectivity index (χ4n) is 4.74. The van der Waals surface area contributed by atoms with Gasteiger partial charge in [-0.1, -0.05) is 168 Å². The summed E-state index contributed by atoms with van der Waals surface area (Å²) < 4.78 is 0. The van der Waals surface area contributed by atoms with Crippen molar-refractivity contribution in [3.8, 4) is 11.1 Å². The van der Waals surface area contributed by atoms with Gasteiger partial charge in [0.25, 0.3) is 0 Å². The van der Waals surface area contributed by atoms with Crippen molar-refractivity contribution in [1.29, 1.82) is 0 Å². The number of fused-ring (bicyclic) bond motifs is 5. The van der Waals surface area contributed by atoms with Gasteiger partial charge in [0.1, 0.15) is 0 Å². The van der Waals surface area contributed by atoms with Crippen molar-refractivity contribution in [3.05, 3.63) is 132 Å². The third-order valence-corrected chi connectivity index (χ3v) is 5.58. The fourth-order valence-corrected chi connectivity index (χ4v) is 4.74. The zero-order valence-corrected chi connectivity index (χ0v) is 25.1. The van der Waals surface area contributed by atoms with Crippen molar-refractivity contribution in [3.63, 3.8) is 0 Å². The van der Waals surface area contributed by atoms with Gasteiger partial charge in [-0.2, -0.15) is 0 Å². The molecule has 2 aliphatic carbocycles. The predicted octanol–water partition coefficient (Wildman–Crippen LogP) is 11.8. The molecule has 0 heteroatoms. The molecule has 0 atom stereocenters. The Morgan fingerprint density at radius 1 is 0.528 bits per heavy atom. The van der Waals surface area contributed by atoms with Crippen LogP contribution in [0, 0.1) is 0 Å². The summed E-state index contributed by atoms with van der Waals surface area (Å²) in [6.07, 6.45) is 10.2. The van der Waals surface area contributed by atoms with E-state index < -0.39 is 0 Å². The highest BCUT2D eigenvalue weighted by atomic mass is 14.5. The average Bonchev–Trinajstić information content (AvgIpc) is 3.44. The van der Waals surface area contributed by atoms with Gasteiger partial charge < -0.3 is 0 Å². The molecule has 0 fully saturated rings. The van der Waals surface area contributed by atoms with Crippen LogP contribution in [0.3, 0.4) is 0 Å². The summed E-state index contributed by atoms with van der Waals surface area (Å²) in [6, 6.07) is 17.4. The quantitative estimate of drug-likeness (QED) is 0.405. The summed E-state index contributed by atoms with van der Waals surface area (Å²) in [5.74, 6) is 0. The molecule has 0 unspecified atom stereocenters. The first-order chi connectivity index (χ1) is 17.7. The first-order valence-electron chi connectivity index (χ1n) is 13.9. The monoisotopic (exact) mass is 484 g/mol. The molecule has 0 aromatic heterocycles. The zero-order chi connectivity index (χ0) is 28.3. The lowest BCUT2D eigenvalue weighted by Gasteiger charge is -2.32. The summed E-state index contributed by atoms with van der Waals surface area (Å²) in [5, 5.41) is 0. The number of rotatable bonds is 4. The molecule has 0 radical (unpaired) electrons. The molecule has 0 saturated carbocycles. The van der Waals surface area contributed by atoms with E-state index in [0.717, 1.165) is 11.1 Å². The molecule has 4 rings (SSSR count). The van der Waals surface area contributed by atoms with Gasteiger partial charge in [-0.05, 0) is 51.5 Å². The Balaban J connectivity index is 0. The maximum atomic E-state index is 4.18. The van der Waals surface area contributed by atoms with Crippen molar-refractivity contribution >= 4 is 0 Å². The van der Waals surface area contributed by atoms with E-state index in [2.05, 4.69) is 87.3 Å². The molecule has 2 aromatic rings. The van der Waals surface area contributed by atoms with E-state index in [1.54, 1.807) is 0 Å². The Bertz CT molecular complexity index is 992. The second kappa shape index (κ2) is 19.1. The first kappa shape index (κ1) is 35.0. The van der Waals surface area contributed by atoms with Crippen LogP contribution in [0.5, 0.6) is 0 Å². The minimum atomic E-state index is -0.353. The maximum Gasteiger partial charge on any atom is 0.0725 e. The number of benzene rings is 2. The summed E-state index contributed by atoms with van der Waals surface area (Å²) in [5.41, 5.74) is 9.53. The van der Waals surface area contributed by atoms with E-state index in [4.69, 9.17) is 0 Å². The molecular weight excluding hydrogens is 432 g/mol. The van der Waals surface area contributed by atoms with E-state index in [1.165, 1.54) is 33.4 Å². The standard InChI is InChI=1S/C26H22.5C2H6/c1-5-13-23-19(7-3)18(6-2)22(8-4)26(23)24-16-11-9-14-20(24)21-15-10-12-17-25(21)26;5*1-2/h5-17H,2-4H2,1H3;5*1-2H3/b13-5-;;;;;. The molecule has 0 saturated heterocycles. The summed E-state index contributed by atoms with van der Waals surface area (Å²) in [6.45, 7) is 34.4. The van der Waals surface area contributed by atoms with Crippen molar-refractivity contribution in [2.75, 3.05) is 0 Å². The predicted molar refractivity (Wildman–Crippen MR) is 169 cm³/mol. The van der Waals surface area contributed by atoms with Gasteiger partial charge in [-0.25, -0.2) is 0 Å². The molecule has 36 heavy (non-hydrogen) atoms. The summed E-state index contributed by atoms with van der Waals surface area (Å²) in [4.78, 5) is 0. The van der Waals surface area contributed by atoms with E-state index >= 15 is 0 Å². The lowest BCUT2D eigenvalue weighted by molar-refractivity contribution is 0.779. The van der Waals surface area contributed by atoms with Gasteiger partial charge in [0.15, 0.2) is 0 Å². The van der Waals surface area contributed by atoms with Crippen LogP contribution in [0.4, 0.5) is 0 Å². The van der Waals surface area contributed by atoms with E-state index in [1.807, 2.05) is 87.5 Å². The smallest absolute Gasteiger partial charge is 0.0725 e. The lowest BCUT2D eigenvalue weighted by atomic mass is 9.68. The molecule has 1 spiro atoms. The van der Waals surface area contributed by atoms with Crippen molar-refractivity contribution in [2.45, 2.75) is 81.6 Å². The van der Waals surface area contributed by atoms with E-state index in [9.17, 15) is 0 Å². The van der Waals surface area contributed by atoms with Gasteiger partial charge in [-0.15, -0.1) is 0 Å². The Morgan fingerprint density at radius 3 is 1.22 bits per heavy atom. The molecule has 0 aliphatic heterocycles. The van der Waals surface area contributed by atoms with Crippen LogP contribution < -0.4 is 0 Å². The van der Waals surface area contributed by atoms with Crippen LogP contribution in [-0.4, -0.2) is 0 Å². The highest BCUT2D eigenvalue weighted by molar-refractivity contribution is 5.90. The molecule has 0 nitrogen and oxygen atoms in total. The first-order valence-corrected chi connectivity index (χ1v) is 13.9. The summed E-state index contributed by atoms with van der Waals surface area (Å²) in [7, 11) is 0. The van der Waals surface area contributed by atoms with E-state index in [0.29, 0.717) is 0 Å². The number of allylic oxidation sites excluding steroid dienone is 9. The number of hydrogen-bond acceptors (Lipinski definition) is 0. The third-order valence-electron chi connectivity index (χ3n) is 5.58. The van der Waals surface area contributed by atoms with Crippen LogP contribution in [0.15, 0.2) is 121 Å². The van der Waals surface area contributed by atoms with Gasteiger partial charge in [0, 0.05) is 0 Å². The molecule has 0 N–H and O–H groups in total. The molecule has 196 valence electrons. The average molecular weight is 485 g/mol. The fraction of sp³-hybridized carbons (Fsp3) is 0.333. The molecular formula is C36H52. The normalized spacial score (nSPS) is 13.1. The minimum Gasteiger partial charge on any atom is -0.0987 e. The van der Waals surface area contributed by atoms with E-state index in [-0.39, 0.29) is 5.41 Å². The second-order valence-electron chi connectivity index (χ2n) is 6.61. The molecule has 0 heterocycles. The summed E-state index contributed by atoms with van der Waals surface area (Å²) >= 11 is 0. The Morgan fingerprint density at radius 2 is 0.889 bits per heavy atom. The highest BCUT2D eigenvalue weighted by Crippen LogP contribution is 2.61. The number of hydrogen-bond donors (Lipinski definition) is 0. The van der Waals surface area contributed by atoms with Crippen LogP contribution >= 0.6 is 0 Å². The molecule has 0 bridgehead atoms. The Labute approximate surface area is 224 Å². The van der Waals surface area contributed by atoms with Crippen LogP contribution in [0.1, 0.15) is 87.3 Å². The van der Waals surface area contributed by atoms with Gasteiger partial charge in [-0.3, -0.25) is 0 Å². The maximum absolute atomic E-state index is 4.18. The van der Waals surface area contributed by atoms with Crippen LogP contribution in [-0.2, 0) is 5.41 Å². The van der Waals surface area contributed by atoms with Crippen LogP contribution in [0.2, 0.25) is 0 Å². The van der Waals surface area contributed by atoms with Gasteiger partial charge >= 0.3 is 0 Å². The van der Waals surface area contributed by atoms with Crippen molar-refractivity contribution < 1.29 is 0 Å². The van der Waals surface area contributed by atoms with Gasteiger partial charge in [0.2, 0.25) is 0 Å². The lowest BCUT2D eigenvalue weighted by Crippen LogP contribution is -2.27. The zero-order valence-electron chi connectivity index (χ0n) is 25.1. The molecule has 2 aromatic carbocycles. The Kier molecular flexibility index (Phi) is 18.6. The highest BCUT2D eigenvalue weighted by Gasteiger charge is 2.51. The van der Waals surface area contributed by atoms with Crippen molar-refractivity contribution in [2.24, 2.45) is 0 Å². The largest absolute Gasteiger partial charge is 0.0987 e. The second-order valence-corrected chi connectivity index (χ2v) is 6.61. The minimum absolute atomic E-state index is 0.353. The Hall–Kier alpha value is -3.12. The van der Waals surface area contributed by atoms with Crippen molar-refractivity contribution in [1.82, 2.24) is 0 Å². The van der Waals surface area contributed by atoms with Crippen LogP contribution in [0.25, 0.3) is 11.1 Å². The van der Waals surface area contributed by atoms with Gasteiger partial charge in [0.05, 0.1) is 5.41 Å².